The van der Waals surface area contributed by atoms with Gasteiger partial charge in [-0.15, -0.1) is 21.5 Å². The number of nitrogens with one attached hydrogen (secondary N) is 1. The van der Waals surface area contributed by atoms with E-state index >= 15 is 0 Å². The number of rotatable bonds is 5. The largest absolute Gasteiger partial charge is 0.465 e. The van der Waals surface area contributed by atoms with E-state index in [1.807, 2.05) is 28.7 Å². The molecule has 0 spiro atoms. The lowest BCUT2D eigenvalue weighted by Crippen LogP contribution is -2.16. The van der Waals surface area contributed by atoms with Crippen molar-refractivity contribution in [2.45, 2.75) is 31.3 Å². The predicted molar refractivity (Wildman–Crippen MR) is 122 cm³/mol. The Balaban J connectivity index is 1.38. The number of para-hydroxylation sites is 1. The van der Waals surface area contributed by atoms with E-state index in [9.17, 15) is 9.59 Å². The van der Waals surface area contributed by atoms with Gasteiger partial charge in [0.1, 0.15) is 5.00 Å². The van der Waals surface area contributed by atoms with Crippen molar-refractivity contribution in [3.05, 3.63) is 51.9 Å². The normalized spacial score (nSPS) is 13.0. The Labute approximate surface area is 186 Å². The number of ether oxygens (including phenoxy) is 1. The Morgan fingerprint density at radius 3 is 2.94 bits per heavy atom. The van der Waals surface area contributed by atoms with Crippen LogP contribution in [0.1, 0.15) is 32.8 Å². The van der Waals surface area contributed by atoms with Crippen molar-refractivity contribution < 1.29 is 14.3 Å². The Kier molecular flexibility index (Phi) is 5.15. The maximum atomic E-state index is 12.7. The monoisotopic (exact) mass is 452 g/mol. The maximum Gasteiger partial charge on any atom is 0.341 e. The van der Waals surface area contributed by atoms with E-state index in [2.05, 4.69) is 28.5 Å². The summed E-state index contributed by atoms with van der Waals surface area (Å²) < 4.78 is 6.92. The van der Waals surface area contributed by atoms with Gasteiger partial charge in [0, 0.05) is 10.3 Å². The molecule has 5 rings (SSSR count). The Bertz CT molecular complexity index is 1340. The molecule has 1 aliphatic carbocycles. The molecule has 31 heavy (non-hydrogen) atoms. The van der Waals surface area contributed by atoms with E-state index in [4.69, 9.17) is 4.74 Å². The number of hydrogen-bond donors (Lipinski definition) is 1. The highest BCUT2D eigenvalue weighted by Gasteiger charge is 2.28. The quantitative estimate of drug-likeness (QED) is 0.360. The molecule has 1 N–H and O–H groups in total. The maximum absolute atomic E-state index is 12.7. The molecule has 0 bridgehead atoms. The summed E-state index contributed by atoms with van der Waals surface area (Å²) in [5, 5.41) is 13.8. The average Bonchev–Trinajstić information content (AvgIpc) is 3.46. The molecule has 1 amide bonds. The molecular weight excluding hydrogens is 432 g/mol. The predicted octanol–water partition coefficient (Wildman–Crippen LogP) is 4.26. The summed E-state index contributed by atoms with van der Waals surface area (Å²) in [5.41, 5.74) is 4.42. The smallest absolute Gasteiger partial charge is 0.341 e. The fourth-order valence-corrected chi connectivity index (χ4v) is 6.12. The van der Waals surface area contributed by atoms with Crippen molar-refractivity contribution in [2.24, 2.45) is 0 Å². The highest BCUT2D eigenvalue weighted by Crippen LogP contribution is 2.39. The van der Waals surface area contributed by atoms with E-state index in [1.54, 1.807) is 0 Å². The number of esters is 1. The first-order valence-electron chi connectivity index (χ1n) is 9.96. The van der Waals surface area contributed by atoms with Crippen LogP contribution in [0.15, 0.2) is 35.5 Å². The minimum atomic E-state index is -0.396. The second kappa shape index (κ2) is 7.97. The highest BCUT2D eigenvalue weighted by atomic mass is 32.2. The summed E-state index contributed by atoms with van der Waals surface area (Å²) in [4.78, 5) is 26.2. The number of carbonyl (C=O) groups is 2. The molecule has 0 saturated carbocycles. The van der Waals surface area contributed by atoms with Gasteiger partial charge in [0.2, 0.25) is 5.91 Å². The minimum Gasteiger partial charge on any atom is -0.465 e. The number of methoxy groups -OCH3 is 1. The molecule has 0 unspecified atom stereocenters. The van der Waals surface area contributed by atoms with Crippen LogP contribution < -0.4 is 5.32 Å². The number of aromatic nitrogens is 3. The van der Waals surface area contributed by atoms with Crippen LogP contribution in [0.2, 0.25) is 0 Å². The van der Waals surface area contributed by atoms with E-state index in [1.165, 1.54) is 30.2 Å². The van der Waals surface area contributed by atoms with Crippen LogP contribution in [-0.4, -0.2) is 39.3 Å². The molecule has 1 aliphatic rings. The van der Waals surface area contributed by atoms with Crippen molar-refractivity contribution in [2.75, 3.05) is 18.2 Å². The van der Waals surface area contributed by atoms with Crippen LogP contribution in [0.3, 0.4) is 0 Å². The van der Waals surface area contributed by atoms with E-state index in [0.717, 1.165) is 51.8 Å². The van der Waals surface area contributed by atoms with Gasteiger partial charge in [-0.3, -0.25) is 9.20 Å². The van der Waals surface area contributed by atoms with Gasteiger partial charge in [-0.2, -0.15) is 0 Å². The summed E-state index contributed by atoms with van der Waals surface area (Å²) in [5.74, 6) is -0.428. The fourth-order valence-electron chi connectivity index (χ4n) is 4.07. The molecule has 7 nitrogen and oxygen atoms in total. The molecule has 1 aromatic carbocycles. The number of pyridine rings is 1. The van der Waals surface area contributed by atoms with Crippen LogP contribution in [0.4, 0.5) is 5.00 Å². The number of aryl methyl sites for hydroxylation is 2. The third kappa shape index (κ3) is 3.47. The standard InChI is InChI=1S/C22H20N4O3S2/c1-12-10-17-24-25-22(26(17)15-8-4-3-6-13(12)15)30-11-18(27)23-20-19(21(28)29-2)14-7-5-9-16(14)31-20/h3-4,6,8,10H,5,7,9,11H2,1-2H3,(H,23,27). The number of nitrogens with zero attached hydrogens (tertiary/aromatic N) is 3. The summed E-state index contributed by atoms with van der Waals surface area (Å²) in [6.45, 7) is 2.05. The Morgan fingerprint density at radius 2 is 2.10 bits per heavy atom. The van der Waals surface area contributed by atoms with E-state index in [0.29, 0.717) is 15.7 Å². The third-order valence-electron chi connectivity index (χ3n) is 5.47. The average molecular weight is 453 g/mol. The first-order valence-corrected chi connectivity index (χ1v) is 11.8. The summed E-state index contributed by atoms with van der Waals surface area (Å²) >= 11 is 2.80. The fraction of sp³-hybridized carbons (Fsp3) is 0.273. The summed E-state index contributed by atoms with van der Waals surface area (Å²) in [6, 6.07) is 10.1. The molecule has 4 aromatic rings. The number of carbonyl (C=O) groups excluding carboxylic acids is 2. The third-order valence-corrected chi connectivity index (χ3v) is 7.61. The van der Waals surface area contributed by atoms with Crippen LogP contribution in [0, 0.1) is 6.92 Å². The molecule has 158 valence electrons. The Hall–Kier alpha value is -2.91. The molecule has 0 aliphatic heterocycles. The Morgan fingerprint density at radius 1 is 1.26 bits per heavy atom. The number of benzene rings is 1. The number of thioether (sulfide) groups is 1. The van der Waals surface area contributed by atoms with Gasteiger partial charge in [-0.1, -0.05) is 30.0 Å². The molecule has 3 heterocycles. The molecule has 3 aromatic heterocycles. The van der Waals surface area contributed by atoms with Crippen LogP contribution in [-0.2, 0) is 22.4 Å². The van der Waals surface area contributed by atoms with Crippen molar-refractivity contribution in [3.8, 4) is 0 Å². The van der Waals surface area contributed by atoms with Gasteiger partial charge in [0.25, 0.3) is 0 Å². The number of thiophene rings is 1. The van der Waals surface area contributed by atoms with Gasteiger partial charge in [-0.25, -0.2) is 4.79 Å². The van der Waals surface area contributed by atoms with Crippen molar-refractivity contribution in [1.29, 1.82) is 0 Å². The van der Waals surface area contributed by atoms with Gasteiger partial charge >= 0.3 is 5.97 Å². The molecule has 9 heteroatoms. The van der Waals surface area contributed by atoms with E-state index in [-0.39, 0.29) is 11.7 Å². The number of anilines is 1. The van der Waals surface area contributed by atoms with Crippen LogP contribution in [0.5, 0.6) is 0 Å². The van der Waals surface area contributed by atoms with E-state index < -0.39 is 5.97 Å². The summed E-state index contributed by atoms with van der Waals surface area (Å²) in [7, 11) is 1.37. The topological polar surface area (TPSA) is 85.6 Å². The number of fused-ring (bicyclic) bond motifs is 4. The minimum absolute atomic E-state index is 0.159. The van der Waals surface area contributed by atoms with Crippen molar-refractivity contribution >= 4 is 56.5 Å². The molecular formula is C22H20N4O3S2. The zero-order valence-corrected chi connectivity index (χ0v) is 18.7. The van der Waals surface area contributed by atoms with Crippen molar-refractivity contribution in [3.63, 3.8) is 0 Å². The second-order valence-corrected chi connectivity index (χ2v) is 9.46. The highest BCUT2D eigenvalue weighted by molar-refractivity contribution is 7.99. The lowest BCUT2D eigenvalue weighted by atomic mass is 10.1. The zero-order valence-electron chi connectivity index (χ0n) is 17.1. The SMILES string of the molecule is COC(=O)c1c(NC(=O)CSc2nnc3cc(C)c4ccccc4n23)sc2c1CCC2. The lowest BCUT2D eigenvalue weighted by Gasteiger charge is -2.08. The molecule has 0 fully saturated rings. The number of amides is 1. The summed E-state index contributed by atoms with van der Waals surface area (Å²) in [6.07, 6.45) is 2.81. The molecule has 0 radical (unpaired) electrons. The van der Waals surface area contributed by atoms with Gasteiger partial charge in [0.15, 0.2) is 10.8 Å². The second-order valence-electron chi connectivity index (χ2n) is 7.41. The zero-order chi connectivity index (χ0) is 21.5. The first-order chi connectivity index (χ1) is 15.1. The lowest BCUT2D eigenvalue weighted by molar-refractivity contribution is -0.113. The van der Waals surface area contributed by atoms with Gasteiger partial charge in [0.05, 0.1) is 23.9 Å². The van der Waals surface area contributed by atoms with Gasteiger partial charge in [-0.05, 0) is 49.4 Å². The number of hydrogen-bond acceptors (Lipinski definition) is 7. The van der Waals surface area contributed by atoms with Crippen LogP contribution >= 0.6 is 23.1 Å². The van der Waals surface area contributed by atoms with Crippen molar-refractivity contribution in [1.82, 2.24) is 14.6 Å². The van der Waals surface area contributed by atoms with Crippen LogP contribution in [0.25, 0.3) is 16.6 Å². The van der Waals surface area contributed by atoms with Gasteiger partial charge < -0.3 is 10.1 Å². The molecule has 0 atom stereocenters. The first kappa shape index (κ1) is 20.0. The molecule has 0 saturated heterocycles.